The molecule has 2 aromatic carbocycles. The average molecular weight is 603 g/mol. The smallest absolute Gasteiger partial charge is 0.416 e. The first-order valence-corrected chi connectivity index (χ1v) is 13.4. The number of hydrogen-bond donors (Lipinski definition) is 3. The topological polar surface area (TPSA) is 129 Å². The lowest BCUT2D eigenvalue weighted by Crippen LogP contribution is -2.57. The van der Waals surface area contributed by atoms with Crippen LogP contribution in [0.3, 0.4) is 0 Å². The Balaban J connectivity index is 1.35. The Bertz CT molecular complexity index is 1450. The lowest BCUT2D eigenvalue weighted by Gasteiger charge is -2.41. The SMILES string of the molecule is Cc1ccc(NC(=O)Nc2ccc(Oc3cc(N4CCN(C(=O)OC(C)(C)C)CC4CO)ncn3)cc2)cc1C(F)(F)F. The number of rotatable bonds is 6. The van der Waals surface area contributed by atoms with E-state index in [1.165, 1.54) is 25.4 Å². The van der Waals surface area contributed by atoms with Crippen molar-refractivity contribution in [2.75, 3.05) is 41.8 Å². The number of hydrogen-bond acceptors (Lipinski definition) is 8. The molecule has 1 aromatic heterocycles. The fraction of sp³-hybridized carbons (Fsp3) is 0.379. The molecule has 43 heavy (non-hydrogen) atoms. The summed E-state index contributed by atoms with van der Waals surface area (Å²) in [6.07, 6.45) is -3.65. The summed E-state index contributed by atoms with van der Waals surface area (Å²) in [7, 11) is 0. The van der Waals surface area contributed by atoms with Gasteiger partial charge in [-0.25, -0.2) is 19.6 Å². The standard InChI is InChI=1S/C29H33F3N6O5/c1-18-5-6-20(13-23(18)29(30,31)32)36-26(40)35-19-7-9-22(10-8-19)42-25-14-24(33-17-34-25)38-12-11-37(15-21(38)16-39)27(41)43-28(2,3)4/h5-10,13-14,17,21,39H,11-12,15-16H2,1-4H3,(H2,35,36,40). The highest BCUT2D eigenvalue weighted by molar-refractivity contribution is 5.99. The van der Waals surface area contributed by atoms with E-state index in [4.69, 9.17) is 9.47 Å². The van der Waals surface area contributed by atoms with Gasteiger partial charge in [0, 0.05) is 37.1 Å². The summed E-state index contributed by atoms with van der Waals surface area (Å²) in [5, 5.41) is 15.0. The van der Waals surface area contributed by atoms with Crippen LogP contribution in [0.5, 0.6) is 11.6 Å². The van der Waals surface area contributed by atoms with E-state index in [1.807, 2.05) is 4.90 Å². The molecule has 0 radical (unpaired) electrons. The van der Waals surface area contributed by atoms with Crippen molar-refractivity contribution in [3.05, 3.63) is 66.0 Å². The number of aliphatic hydroxyl groups is 1. The van der Waals surface area contributed by atoms with E-state index < -0.39 is 35.5 Å². The van der Waals surface area contributed by atoms with Gasteiger partial charge in [-0.05, 0) is 69.7 Å². The Morgan fingerprint density at radius 3 is 2.33 bits per heavy atom. The average Bonchev–Trinajstić information content (AvgIpc) is 2.93. The van der Waals surface area contributed by atoms with Crippen LogP contribution in [0.1, 0.15) is 31.9 Å². The van der Waals surface area contributed by atoms with Gasteiger partial charge < -0.3 is 35.0 Å². The molecule has 0 spiro atoms. The zero-order valence-electron chi connectivity index (χ0n) is 24.1. The Morgan fingerprint density at radius 1 is 1.00 bits per heavy atom. The number of amides is 3. The fourth-order valence-electron chi connectivity index (χ4n) is 4.37. The third-order valence-electron chi connectivity index (χ3n) is 6.40. The third kappa shape index (κ3) is 8.47. The molecule has 1 fully saturated rings. The third-order valence-corrected chi connectivity index (χ3v) is 6.40. The second kappa shape index (κ2) is 12.7. The largest absolute Gasteiger partial charge is 0.444 e. The van der Waals surface area contributed by atoms with Crippen LogP contribution in [-0.4, -0.2) is 70.0 Å². The summed E-state index contributed by atoms with van der Waals surface area (Å²) in [5.74, 6) is 1.14. The summed E-state index contributed by atoms with van der Waals surface area (Å²) >= 11 is 0. The minimum Gasteiger partial charge on any atom is -0.444 e. The zero-order valence-corrected chi connectivity index (χ0v) is 24.1. The number of aromatic nitrogens is 2. The van der Waals surface area contributed by atoms with E-state index in [-0.39, 0.29) is 30.3 Å². The van der Waals surface area contributed by atoms with E-state index in [0.29, 0.717) is 30.3 Å². The molecule has 3 aromatic rings. The van der Waals surface area contributed by atoms with Crippen molar-refractivity contribution in [2.24, 2.45) is 0 Å². The number of halogens is 3. The second-order valence-electron chi connectivity index (χ2n) is 10.9. The molecule has 0 aliphatic carbocycles. The number of anilines is 3. The summed E-state index contributed by atoms with van der Waals surface area (Å²) in [6.45, 7) is 7.54. The maximum absolute atomic E-state index is 13.2. The maximum atomic E-state index is 13.2. The number of nitrogens with one attached hydrogen (secondary N) is 2. The molecule has 1 saturated heterocycles. The molecule has 11 nitrogen and oxygen atoms in total. The number of benzene rings is 2. The van der Waals surface area contributed by atoms with Crippen molar-refractivity contribution in [3.63, 3.8) is 0 Å². The number of ether oxygens (including phenoxy) is 2. The van der Waals surface area contributed by atoms with Crippen molar-refractivity contribution < 1.29 is 37.3 Å². The van der Waals surface area contributed by atoms with Crippen molar-refractivity contribution >= 4 is 29.3 Å². The highest BCUT2D eigenvalue weighted by atomic mass is 19.4. The van der Waals surface area contributed by atoms with Gasteiger partial charge in [-0.15, -0.1) is 0 Å². The minimum atomic E-state index is -4.53. The summed E-state index contributed by atoms with van der Waals surface area (Å²) in [5.41, 5.74) is -1.02. The van der Waals surface area contributed by atoms with Gasteiger partial charge in [0.25, 0.3) is 0 Å². The summed E-state index contributed by atoms with van der Waals surface area (Å²) < 4.78 is 50.8. The first-order chi connectivity index (χ1) is 20.2. The normalized spacial score (nSPS) is 15.6. The van der Waals surface area contributed by atoms with Gasteiger partial charge in [-0.3, -0.25) is 0 Å². The van der Waals surface area contributed by atoms with Crippen LogP contribution in [0.4, 0.5) is 40.0 Å². The van der Waals surface area contributed by atoms with E-state index in [2.05, 4.69) is 20.6 Å². The van der Waals surface area contributed by atoms with Crippen molar-refractivity contribution in [1.29, 1.82) is 0 Å². The molecule has 230 valence electrons. The lowest BCUT2D eigenvalue weighted by molar-refractivity contribution is -0.138. The molecule has 4 rings (SSSR count). The number of aliphatic hydroxyl groups excluding tert-OH is 1. The van der Waals surface area contributed by atoms with Gasteiger partial charge in [-0.2, -0.15) is 13.2 Å². The van der Waals surface area contributed by atoms with Crippen LogP contribution in [0.15, 0.2) is 54.9 Å². The van der Waals surface area contributed by atoms with Crippen LogP contribution in [0.25, 0.3) is 0 Å². The first-order valence-electron chi connectivity index (χ1n) is 13.4. The van der Waals surface area contributed by atoms with E-state index in [1.54, 1.807) is 56.0 Å². The Labute approximate surface area is 246 Å². The minimum absolute atomic E-state index is 0.00429. The van der Waals surface area contributed by atoms with Gasteiger partial charge >= 0.3 is 18.3 Å². The van der Waals surface area contributed by atoms with E-state index >= 15 is 0 Å². The predicted molar refractivity (Wildman–Crippen MR) is 153 cm³/mol. The number of carbonyl (C=O) groups excluding carboxylic acids is 2. The highest BCUT2D eigenvalue weighted by Gasteiger charge is 2.33. The highest BCUT2D eigenvalue weighted by Crippen LogP contribution is 2.33. The van der Waals surface area contributed by atoms with E-state index in [9.17, 15) is 27.9 Å². The van der Waals surface area contributed by atoms with Crippen LogP contribution in [0.2, 0.25) is 0 Å². The second-order valence-corrected chi connectivity index (χ2v) is 10.9. The molecule has 2 heterocycles. The molecule has 3 amide bonds. The fourth-order valence-corrected chi connectivity index (χ4v) is 4.37. The molecular formula is C29H33F3N6O5. The van der Waals surface area contributed by atoms with Crippen molar-refractivity contribution in [1.82, 2.24) is 14.9 Å². The Kier molecular flexibility index (Phi) is 9.28. The van der Waals surface area contributed by atoms with Gasteiger partial charge in [0.15, 0.2) is 0 Å². The molecule has 1 atom stereocenters. The maximum Gasteiger partial charge on any atom is 0.416 e. The van der Waals surface area contributed by atoms with Gasteiger partial charge in [0.1, 0.15) is 23.5 Å². The quantitative estimate of drug-likeness (QED) is 0.330. The van der Waals surface area contributed by atoms with Crippen LogP contribution >= 0.6 is 0 Å². The molecule has 0 saturated carbocycles. The van der Waals surface area contributed by atoms with Crippen LogP contribution in [-0.2, 0) is 10.9 Å². The summed E-state index contributed by atoms with van der Waals surface area (Å²) in [4.78, 5) is 36.7. The van der Waals surface area contributed by atoms with E-state index in [0.717, 1.165) is 6.07 Å². The molecule has 1 unspecified atom stereocenters. The molecule has 0 bridgehead atoms. The number of alkyl halides is 3. The van der Waals surface area contributed by atoms with Gasteiger partial charge in [0.2, 0.25) is 5.88 Å². The monoisotopic (exact) mass is 602 g/mol. The first kappa shape index (κ1) is 31.3. The van der Waals surface area contributed by atoms with Gasteiger partial charge in [0.05, 0.1) is 18.2 Å². The molecule has 3 N–H and O–H groups in total. The number of piperazine rings is 1. The Morgan fingerprint density at radius 2 is 1.67 bits per heavy atom. The number of carbonyl (C=O) groups is 2. The van der Waals surface area contributed by atoms with Crippen LogP contribution in [0, 0.1) is 6.92 Å². The number of aryl methyl sites for hydroxylation is 1. The Hall–Kier alpha value is -4.59. The van der Waals surface area contributed by atoms with Crippen molar-refractivity contribution in [3.8, 4) is 11.6 Å². The molecular weight excluding hydrogens is 569 g/mol. The molecule has 1 aliphatic heterocycles. The summed E-state index contributed by atoms with van der Waals surface area (Å²) in [6, 6.07) is 10.3. The van der Waals surface area contributed by atoms with Gasteiger partial charge in [-0.1, -0.05) is 6.07 Å². The number of nitrogens with zero attached hydrogens (tertiary/aromatic N) is 4. The zero-order chi connectivity index (χ0) is 31.4. The molecule has 1 aliphatic rings. The van der Waals surface area contributed by atoms with Crippen molar-refractivity contribution in [2.45, 2.75) is 45.5 Å². The molecule has 14 heteroatoms. The lowest BCUT2D eigenvalue weighted by atomic mass is 10.1. The predicted octanol–water partition coefficient (Wildman–Crippen LogP) is 5.66. The van der Waals surface area contributed by atoms with Crippen LogP contribution < -0.4 is 20.3 Å². The number of urea groups is 1.